The first kappa shape index (κ1) is 14.5. The van der Waals surface area contributed by atoms with Crippen LogP contribution in [0.15, 0.2) is 0 Å². The van der Waals surface area contributed by atoms with Crippen LogP contribution in [0.5, 0.6) is 0 Å². The summed E-state index contributed by atoms with van der Waals surface area (Å²) >= 11 is 0. The van der Waals surface area contributed by atoms with Gasteiger partial charge in [0.25, 0.3) is 0 Å². The van der Waals surface area contributed by atoms with Gasteiger partial charge in [-0.05, 0) is 24.2 Å². The summed E-state index contributed by atoms with van der Waals surface area (Å²) in [4.78, 5) is 11.8. The molecule has 0 spiro atoms. The van der Waals surface area contributed by atoms with E-state index < -0.39 is 0 Å². The molecule has 0 aromatic heterocycles. The van der Waals surface area contributed by atoms with E-state index in [1.54, 1.807) is 0 Å². The second kappa shape index (κ2) is 5.85. The summed E-state index contributed by atoms with van der Waals surface area (Å²) in [6.07, 6.45) is 4.95. The van der Waals surface area contributed by atoms with E-state index in [9.17, 15) is 4.79 Å². The van der Waals surface area contributed by atoms with Crippen LogP contribution in [0.2, 0.25) is 0 Å². The summed E-state index contributed by atoms with van der Waals surface area (Å²) in [5.41, 5.74) is 0.277. The molecule has 2 atom stereocenters. The highest BCUT2D eigenvalue weighted by Crippen LogP contribution is 2.35. The molecule has 3 heteroatoms. The summed E-state index contributed by atoms with van der Waals surface area (Å²) in [6, 6.07) is 0.241. The number of carbonyl (C=O) groups is 1. The quantitative estimate of drug-likeness (QED) is 0.769. The van der Waals surface area contributed by atoms with Crippen LogP contribution >= 0.6 is 0 Å². The standard InChI is InChI=1S/C14H27NO2/c1-10(2)12(13(16)17-5)15-11-8-6-7-9-14(11,3)4/h10-12,15H,6-9H2,1-5H3. The topological polar surface area (TPSA) is 38.3 Å². The van der Waals surface area contributed by atoms with E-state index >= 15 is 0 Å². The molecular weight excluding hydrogens is 214 g/mol. The molecule has 0 bridgehead atoms. The van der Waals surface area contributed by atoms with Crippen molar-refractivity contribution in [3.8, 4) is 0 Å². The van der Waals surface area contributed by atoms with Crippen LogP contribution in [0.1, 0.15) is 53.4 Å². The first-order valence-electron chi connectivity index (χ1n) is 6.72. The van der Waals surface area contributed by atoms with Crippen LogP contribution in [-0.4, -0.2) is 25.2 Å². The van der Waals surface area contributed by atoms with Crippen molar-refractivity contribution in [3.63, 3.8) is 0 Å². The number of ether oxygens (including phenoxy) is 1. The van der Waals surface area contributed by atoms with Gasteiger partial charge in [0, 0.05) is 6.04 Å². The Balaban J connectivity index is 2.68. The molecule has 1 fully saturated rings. The molecule has 17 heavy (non-hydrogen) atoms. The monoisotopic (exact) mass is 241 g/mol. The van der Waals surface area contributed by atoms with Crippen molar-refractivity contribution >= 4 is 5.97 Å². The average Bonchev–Trinajstić information content (AvgIpc) is 2.25. The first-order chi connectivity index (χ1) is 7.88. The summed E-state index contributed by atoms with van der Waals surface area (Å²) in [6.45, 7) is 8.70. The lowest BCUT2D eigenvalue weighted by Gasteiger charge is -2.41. The molecule has 0 amide bonds. The number of hydrogen-bond acceptors (Lipinski definition) is 3. The van der Waals surface area contributed by atoms with Crippen molar-refractivity contribution in [1.29, 1.82) is 0 Å². The molecule has 0 heterocycles. The number of hydrogen-bond donors (Lipinski definition) is 1. The van der Waals surface area contributed by atoms with Gasteiger partial charge in [-0.2, -0.15) is 0 Å². The summed E-state index contributed by atoms with van der Waals surface area (Å²) in [7, 11) is 1.46. The second-order valence-electron chi connectivity index (χ2n) is 6.20. The molecule has 1 N–H and O–H groups in total. The van der Waals surface area contributed by atoms with Gasteiger partial charge in [-0.3, -0.25) is 4.79 Å². The zero-order valence-corrected chi connectivity index (χ0v) is 11.9. The molecule has 1 rings (SSSR count). The van der Waals surface area contributed by atoms with E-state index in [2.05, 4.69) is 33.0 Å². The number of methoxy groups -OCH3 is 1. The lowest BCUT2D eigenvalue weighted by Crippen LogP contribution is -2.53. The highest BCUT2D eigenvalue weighted by Gasteiger charge is 2.35. The highest BCUT2D eigenvalue weighted by atomic mass is 16.5. The molecule has 3 nitrogen and oxygen atoms in total. The maximum absolute atomic E-state index is 11.8. The van der Waals surface area contributed by atoms with E-state index in [1.807, 2.05) is 0 Å². The summed E-state index contributed by atoms with van der Waals surface area (Å²) < 4.78 is 4.88. The smallest absolute Gasteiger partial charge is 0.323 e. The van der Waals surface area contributed by atoms with Crippen LogP contribution in [0, 0.1) is 11.3 Å². The molecule has 100 valence electrons. The molecule has 0 saturated heterocycles. The Morgan fingerprint density at radius 1 is 1.35 bits per heavy atom. The van der Waals surface area contributed by atoms with Crippen LogP contribution in [0.3, 0.4) is 0 Å². The normalized spacial score (nSPS) is 25.6. The minimum absolute atomic E-state index is 0.138. The molecule has 1 aliphatic carbocycles. The van der Waals surface area contributed by atoms with Crippen LogP contribution in [-0.2, 0) is 9.53 Å². The van der Waals surface area contributed by atoms with Crippen molar-refractivity contribution in [3.05, 3.63) is 0 Å². The van der Waals surface area contributed by atoms with Gasteiger partial charge in [-0.15, -0.1) is 0 Å². The van der Waals surface area contributed by atoms with Gasteiger partial charge in [0.1, 0.15) is 6.04 Å². The maximum Gasteiger partial charge on any atom is 0.323 e. The molecule has 1 saturated carbocycles. The lowest BCUT2D eigenvalue weighted by molar-refractivity contribution is -0.145. The molecular formula is C14H27NO2. The fourth-order valence-electron chi connectivity index (χ4n) is 2.68. The Hall–Kier alpha value is -0.570. The number of nitrogens with one attached hydrogen (secondary N) is 1. The Bertz CT molecular complexity index is 261. The van der Waals surface area contributed by atoms with Crippen molar-refractivity contribution in [2.24, 2.45) is 11.3 Å². The van der Waals surface area contributed by atoms with Gasteiger partial charge in [0.05, 0.1) is 7.11 Å². The second-order valence-corrected chi connectivity index (χ2v) is 6.20. The Labute approximate surface area is 105 Å². The fourth-order valence-corrected chi connectivity index (χ4v) is 2.68. The first-order valence-corrected chi connectivity index (χ1v) is 6.72. The van der Waals surface area contributed by atoms with Crippen molar-refractivity contribution < 1.29 is 9.53 Å². The van der Waals surface area contributed by atoms with Gasteiger partial charge in [0.2, 0.25) is 0 Å². The Morgan fingerprint density at radius 3 is 2.47 bits per heavy atom. The van der Waals surface area contributed by atoms with E-state index in [1.165, 1.54) is 26.4 Å². The SMILES string of the molecule is COC(=O)C(NC1CCCCC1(C)C)C(C)C. The molecule has 0 aromatic rings. The number of carbonyl (C=O) groups excluding carboxylic acids is 1. The van der Waals surface area contributed by atoms with Gasteiger partial charge in [-0.1, -0.05) is 40.5 Å². The van der Waals surface area contributed by atoms with Crippen LogP contribution < -0.4 is 5.32 Å². The third kappa shape index (κ3) is 3.70. The predicted molar refractivity (Wildman–Crippen MR) is 69.8 cm³/mol. The summed E-state index contributed by atoms with van der Waals surface area (Å²) in [5.74, 6) is 0.126. The predicted octanol–water partition coefficient (Wildman–Crippen LogP) is 2.74. The molecule has 0 aromatic carbocycles. The van der Waals surface area contributed by atoms with Crippen LogP contribution in [0.4, 0.5) is 0 Å². The maximum atomic E-state index is 11.8. The minimum Gasteiger partial charge on any atom is -0.468 e. The Kier molecular flexibility index (Phi) is 4.99. The molecule has 0 radical (unpaired) electrons. The Morgan fingerprint density at radius 2 is 2.00 bits per heavy atom. The molecule has 1 aliphatic rings. The van der Waals surface area contributed by atoms with E-state index in [0.717, 1.165) is 6.42 Å². The molecule has 2 unspecified atom stereocenters. The average molecular weight is 241 g/mol. The number of rotatable bonds is 4. The third-order valence-corrected chi connectivity index (χ3v) is 4.01. The largest absolute Gasteiger partial charge is 0.468 e. The van der Waals surface area contributed by atoms with E-state index in [-0.39, 0.29) is 23.3 Å². The van der Waals surface area contributed by atoms with Gasteiger partial charge in [0.15, 0.2) is 0 Å². The summed E-state index contributed by atoms with van der Waals surface area (Å²) in [5, 5.41) is 3.52. The number of esters is 1. The zero-order valence-electron chi connectivity index (χ0n) is 11.9. The zero-order chi connectivity index (χ0) is 13.1. The lowest BCUT2D eigenvalue weighted by atomic mass is 9.73. The van der Waals surface area contributed by atoms with Crippen molar-refractivity contribution in [2.75, 3.05) is 7.11 Å². The van der Waals surface area contributed by atoms with Gasteiger partial charge in [-0.25, -0.2) is 0 Å². The van der Waals surface area contributed by atoms with Crippen LogP contribution in [0.25, 0.3) is 0 Å². The third-order valence-electron chi connectivity index (χ3n) is 4.01. The van der Waals surface area contributed by atoms with Crippen molar-refractivity contribution in [2.45, 2.75) is 65.5 Å². The van der Waals surface area contributed by atoms with Gasteiger partial charge < -0.3 is 10.1 Å². The minimum atomic E-state index is -0.178. The molecule has 0 aliphatic heterocycles. The van der Waals surface area contributed by atoms with Crippen molar-refractivity contribution in [1.82, 2.24) is 5.32 Å². The van der Waals surface area contributed by atoms with E-state index in [4.69, 9.17) is 4.74 Å². The van der Waals surface area contributed by atoms with E-state index in [0.29, 0.717) is 6.04 Å². The fraction of sp³-hybridized carbons (Fsp3) is 0.929. The highest BCUT2D eigenvalue weighted by molar-refractivity contribution is 5.76. The van der Waals surface area contributed by atoms with Gasteiger partial charge >= 0.3 is 5.97 Å².